The monoisotopic (exact) mass is 544 g/mol. The molecule has 16 heteroatoms. The summed E-state index contributed by atoms with van der Waals surface area (Å²) in [5.41, 5.74) is -0.465. The summed E-state index contributed by atoms with van der Waals surface area (Å²) in [7, 11) is 2.82. The molecule has 1 saturated heterocycles. The molecule has 204 valence electrons. The Labute approximate surface area is 218 Å². The number of hydrogen-bond donors (Lipinski definition) is 1. The van der Waals surface area contributed by atoms with Gasteiger partial charge in [-0.05, 0) is 19.4 Å². The van der Waals surface area contributed by atoms with Crippen LogP contribution >= 0.6 is 0 Å². The summed E-state index contributed by atoms with van der Waals surface area (Å²) in [4.78, 5) is 60.4. The molecule has 1 aliphatic rings. The summed E-state index contributed by atoms with van der Waals surface area (Å²) < 4.78 is 42.5. The number of nitrogens with zero attached hydrogens (tertiary/aromatic N) is 9. The van der Waals surface area contributed by atoms with Crippen molar-refractivity contribution in [3.8, 4) is 11.4 Å². The average molecular weight is 544 g/mol. The number of aryl methyl sites for hydroxylation is 1. The van der Waals surface area contributed by atoms with Crippen molar-refractivity contribution < 1.29 is 18.0 Å². The molecule has 13 nitrogen and oxygen atoms in total. The Kier molecular flexibility index (Phi) is 6.40. The van der Waals surface area contributed by atoms with Crippen LogP contribution in [-0.2, 0) is 18.9 Å². The normalized spacial score (nSPS) is 16.6. The SMILES string of the molecule is CC(C(=O)Nc1ccnc(-c2cnc(N3CCC(C(F)(F)F)C3)nc2)n1)n1cnc2c1c(=O)n(C)c(=O)n2C. The van der Waals surface area contributed by atoms with E-state index < -0.39 is 35.3 Å². The quantitative estimate of drug-likeness (QED) is 0.392. The molecule has 0 aliphatic carbocycles. The number of rotatable bonds is 5. The maximum absolute atomic E-state index is 13.0. The number of halogens is 3. The lowest BCUT2D eigenvalue weighted by Crippen LogP contribution is -2.38. The van der Waals surface area contributed by atoms with Gasteiger partial charge in [-0.2, -0.15) is 13.2 Å². The first-order valence-corrected chi connectivity index (χ1v) is 11.9. The fraction of sp³-hybridized carbons (Fsp3) is 0.391. The molecule has 1 fully saturated rings. The number of hydrogen-bond acceptors (Lipinski definition) is 9. The summed E-state index contributed by atoms with van der Waals surface area (Å²) in [5.74, 6) is -1.38. The topological polar surface area (TPSA) is 146 Å². The van der Waals surface area contributed by atoms with Crippen molar-refractivity contribution in [3.63, 3.8) is 0 Å². The van der Waals surface area contributed by atoms with Gasteiger partial charge in [0.25, 0.3) is 5.56 Å². The Morgan fingerprint density at radius 2 is 1.82 bits per heavy atom. The van der Waals surface area contributed by atoms with Crippen molar-refractivity contribution in [1.82, 2.24) is 38.6 Å². The molecule has 4 aromatic heterocycles. The molecule has 4 aromatic rings. The summed E-state index contributed by atoms with van der Waals surface area (Å²) >= 11 is 0. The Morgan fingerprint density at radius 3 is 2.49 bits per heavy atom. The number of carbonyl (C=O) groups is 1. The third-order valence-corrected chi connectivity index (χ3v) is 6.71. The van der Waals surface area contributed by atoms with E-state index in [4.69, 9.17) is 0 Å². The van der Waals surface area contributed by atoms with Crippen molar-refractivity contribution >= 4 is 28.8 Å². The van der Waals surface area contributed by atoms with Crippen LogP contribution in [0.3, 0.4) is 0 Å². The number of fused-ring (bicyclic) bond motifs is 1. The van der Waals surface area contributed by atoms with Crippen molar-refractivity contribution in [2.24, 2.45) is 20.0 Å². The van der Waals surface area contributed by atoms with Crippen LogP contribution in [0.2, 0.25) is 0 Å². The summed E-state index contributed by atoms with van der Waals surface area (Å²) in [6.07, 6.45) is 1.28. The van der Waals surface area contributed by atoms with Gasteiger partial charge in [-0.3, -0.25) is 18.7 Å². The minimum atomic E-state index is -4.26. The largest absolute Gasteiger partial charge is 0.393 e. The van der Waals surface area contributed by atoms with Crippen LogP contribution in [-0.4, -0.2) is 63.8 Å². The highest BCUT2D eigenvalue weighted by molar-refractivity contribution is 5.93. The molecule has 2 unspecified atom stereocenters. The third-order valence-electron chi connectivity index (χ3n) is 6.71. The van der Waals surface area contributed by atoms with Gasteiger partial charge in [0.15, 0.2) is 17.0 Å². The van der Waals surface area contributed by atoms with Crippen LogP contribution in [0.25, 0.3) is 22.6 Å². The molecule has 1 amide bonds. The minimum absolute atomic E-state index is 0.0144. The zero-order chi connectivity index (χ0) is 28.1. The number of imidazole rings is 1. The molecule has 1 N–H and O–H groups in total. The fourth-order valence-electron chi connectivity index (χ4n) is 4.39. The molecular formula is C23H23F3N10O3. The first-order valence-electron chi connectivity index (χ1n) is 11.9. The number of alkyl halides is 3. The summed E-state index contributed by atoms with van der Waals surface area (Å²) in [6.45, 7) is 1.57. The Balaban J connectivity index is 1.33. The van der Waals surface area contributed by atoms with Crippen LogP contribution in [0.1, 0.15) is 19.4 Å². The molecule has 0 saturated carbocycles. The van der Waals surface area contributed by atoms with Gasteiger partial charge in [0.05, 0.1) is 17.8 Å². The first-order chi connectivity index (χ1) is 18.5. The van der Waals surface area contributed by atoms with Gasteiger partial charge < -0.3 is 14.8 Å². The number of carbonyl (C=O) groups excluding carboxylic acids is 1. The van der Waals surface area contributed by atoms with Gasteiger partial charge in [0.1, 0.15) is 11.9 Å². The molecule has 5 rings (SSSR count). The van der Waals surface area contributed by atoms with Gasteiger partial charge in [0.2, 0.25) is 11.9 Å². The van der Waals surface area contributed by atoms with E-state index in [-0.39, 0.29) is 48.3 Å². The zero-order valence-electron chi connectivity index (χ0n) is 21.0. The van der Waals surface area contributed by atoms with E-state index in [1.54, 1.807) is 6.92 Å². The highest BCUT2D eigenvalue weighted by atomic mass is 19.4. The van der Waals surface area contributed by atoms with Crippen LogP contribution < -0.4 is 21.5 Å². The maximum Gasteiger partial charge on any atom is 0.393 e. The number of aromatic nitrogens is 8. The van der Waals surface area contributed by atoms with Crippen LogP contribution in [0.4, 0.5) is 24.9 Å². The maximum atomic E-state index is 13.0. The van der Waals surface area contributed by atoms with Crippen molar-refractivity contribution in [2.75, 3.05) is 23.3 Å². The van der Waals surface area contributed by atoms with Crippen molar-refractivity contribution in [1.29, 1.82) is 0 Å². The van der Waals surface area contributed by atoms with Crippen LogP contribution in [0, 0.1) is 5.92 Å². The Morgan fingerprint density at radius 1 is 1.10 bits per heavy atom. The second-order valence-electron chi connectivity index (χ2n) is 9.21. The molecule has 0 aromatic carbocycles. The molecule has 39 heavy (non-hydrogen) atoms. The summed E-state index contributed by atoms with van der Waals surface area (Å²) in [5, 5.41) is 2.67. The zero-order valence-corrected chi connectivity index (χ0v) is 21.0. The highest BCUT2D eigenvalue weighted by Crippen LogP contribution is 2.34. The average Bonchev–Trinajstić information content (AvgIpc) is 3.59. The first kappa shape index (κ1) is 26.0. The number of amides is 1. The van der Waals surface area contributed by atoms with Crippen molar-refractivity contribution in [2.45, 2.75) is 25.6 Å². The molecular weight excluding hydrogens is 521 g/mol. The summed E-state index contributed by atoms with van der Waals surface area (Å²) in [6, 6.07) is 0.585. The molecule has 0 bridgehead atoms. The lowest BCUT2D eigenvalue weighted by molar-refractivity contribution is -0.168. The predicted molar refractivity (Wildman–Crippen MR) is 133 cm³/mol. The second-order valence-corrected chi connectivity index (χ2v) is 9.21. The third kappa shape index (κ3) is 4.72. The van der Waals surface area contributed by atoms with Crippen LogP contribution in [0.5, 0.6) is 0 Å². The molecule has 1 aliphatic heterocycles. The van der Waals surface area contributed by atoms with Gasteiger partial charge in [-0.25, -0.2) is 29.7 Å². The van der Waals surface area contributed by atoms with E-state index >= 15 is 0 Å². The van der Waals surface area contributed by atoms with E-state index in [9.17, 15) is 27.6 Å². The molecule has 0 spiro atoms. The van der Waals surface area contributed by atoms with E-state index in [0.29, 0.717) is 5.56 Å². The van der Waals surface area contributed by atoms with E-state index in [2.05, 4.69) is 30.2 Å². The molecule has 0 radical (unpaired) electrons. The van der Waals surface area contributed by atoms with E-state index in [1.807, 2.05) is 0 Å². The lowest BCUT2D eigenvalue weighted by Gasteiger charge is -2.17. The minimum Gasteiger partial charge on any atom is -0.340 e. The van der Waals surface area contributed by atoms with E-state index in [1.165, 1.54) is 59.1 Å². The van der Waals surface area contributed by atoms with Gasteiger partial charge in [-0.15, -0.1) is 0 Å². The van der Waals surface area contributed by atoms with Crippen molar-refractivity contribution in [3.05, 3.63) is 51.8 Å². The highest BCUT2D eigenvalue weighted by Gasteiger charge is 2.44. The van der Waals surface area contributed by atoms with Gasteiger partial charge >= 0.3 is 11.9 Å². The number of anilines is 2. The predicted octanol–water partition coefficient (Wildman–Crippen LogP) is 1.27. The Hall–Kier alpha value is -4.63. The fourth-order valence-corrected chi connectivity index (χ4v) is 4.39. The van der Waals surface area contributed by atoms with E-state index in [0.717, 1.165) is 4.57 Å². The molecule has 2 atom stereocenters. The molecule has 5 heterocycles. The lowest BCUT2D eigenvalue weighted by atomic mass is 10.1. The van der Waals surface area contributed by atoms with Gasteiger partial charge in [-0.1, -0.05) is 0 Å². The van der Waals surface area contributed by atoms with Crippen LogP contribution in [0.15, 0.2) is 40.6 Å². The standard InChI is InChI=1S/C23H23F3N10O3/c1-12(36-11-30-18-16(36)20(38)34(3)22(39)33(18)2)19(37)32-15-4-6-27-17(31-15)13-8-28-21(29-9-13)35-7-5-14(10-35)23(24,25)26/h4,6,8-9,11-12,14H,5,7,10H2,1-3H3,(H,27,31,32,37). The number of nitrogens with one attached hydrogen (secondary N) is 1. The second kappa shape index (κ2) is 9.59. The Bertz CT molecular complexity index is 1680. The van der Waals surface area contributed by atoms with Gasteiger partial charge in [0, 0.05) is 45.8 Å². The smallest absolute Gasteiger partial charge is 0.340 e.